The van der Waals surface area contributed by atoms with Crippen molar-refractivity contribution in [2.24, 2.45) is 7.05 Å². The predicted octanol–water partition coefficient (Wildman–Crippen LogP) is 0.00750. The molecule has 1 aliphatic heterocycles. The van der Waals surface area contributed by atoms with Crippen LogP contribution < -0.4 is 0 Å². The van der Waals surface area contributed by atoms with Crippen LogP contribution in [0.2, 0.25) is 0 Å². The van der Waals surface area contributed by atoms with Gasteiger partial charge in [0.1, 0.15) is 6.73 Å². The summed E-state index contributed by atoms with van der Waals surface area (Å²) in [5.74, 6) is -0.109. The van der Waals surface area contributed by atoms with Gasteiger partial charge in [-0.15, -0.1) is 5.10 Å². The third-order valence-corrected chi connectivity index (χ3v) is 2.56. The van der Waals surface area contributed by atoms with E-state index in [1.54, 1.807) is 11.9 Å². The van der Waals surface area contributed by atoms with Crippen LogP contribution in [0.15, 0.2) is 4.60 Å². The Morgan fingerprint density at radius 2 is 2.43 bits per heavy atom. The van der Waals surface area contributed by atoms with Gasteiger partial charge in [0.05, 0.1) is 6.61 Å². The number of aryl methyl sites for hydroxylation is 1. The summed E-state index contributed by atoms with van der Waals surface area (Å²) in [4.78, 5) is 13.5. The van der Waals surface area contributed by atoms with Crippen molar-refractivity contribution in [3.8, 4) is 0 Å². The molecule has 0 radical (unpaired) electrons. The third kappa shape index (κ3) is 1.53. The first-order valence-corrected chi connectivity index (χ1v) is 4.91. The molecule has 1 fully saturated rings. The number of halogens is 1. The number of hydrogen-bond donors (Lipinski definition) is 0. The van der Waals surface area contributed by atoms with Crippen molar-refractivity contribution in [1.82, 2.24) is 19.9 Å². The molecule has 0 spiro atoms. The normalized spacial score (nSPS) is 16.3. The molecule has 0 saturated carbocycles. The quantitative estimate of drug-likeness (QED) is 0.714. The van der Waals surface area contributed by atoms with Gasteiger partial charge in [-0.2, -0.15) is 0 Å². The zero-order chi connectivity index (χ0) is 10.1. The van der Waals surface area contributed by atoms with Crippen molar-refractivity contribution >= 4 is 21.8 Å². The van der Waals surface area contributed by atoms with Crippen LogP contribution in [0.5, 0.6) is 0 Å². The fourth-order valence-corrected chi connectivity index (χ4v) is 1.78. The minimum atomic E-state index is -0.109. The Balaban J connectivity index is 2.25. The number of carbonyl (C=O) groups excluding carboxylic acids is 1. The van der Waals surface area contributed by atoms with Gasteiger partial charge in [-0.3, -0.25) is 4.79 Å². The van der Waals surface area contributed by atoms with E-state index in [1.807, 2.05) is 0 Å². The smallest absolute Gasteiger partial charge is 0.276 e. The van der Waals surface area contributed by atoms with Crippen LogP contribution in [-0.2, 0) is 11.8 Å². The molecule has 7 heteroatoms. The molecular weight excluding hydrogens is 252 g/mol. The molecule has 0 atom stereocenters. The molecule has 0 N–H and O–H groups in total. The maximum atomic E-state index is 11.9. The van der Waals surface area contributed by atoms with Crippen LogP contribution in [-0.4, -0.2) is 45.7 Å². The van der Waals surface area contributed by atoms with E-state index in [9.17, 15) is 4.79 Å². The molecule has 1 aromatic heterocycles. The van der Waals surface area contributed by atoms with E-state index >= 15 is 0 Å². The van der Waals surface area contributed by atoms with Gasteiger partial charge in [-0.05, 0) is 15.9 Å². The highest BCUT2D eigenvalue weighted by Gasteiger charge is 2.25. The summed E-state index contributed by atoms with van der Waals surface area (Å²) in [5, 5.41) is 7.49. The van der Waals surface area contributed by atoms with Gasteiger partial charge in [0, 0.05) is 13.6 Å². The van der Waals surface area contributed by atoms with Crippen molar-refractivity contribution in [2.45, 2.75) is 0 Å². The average Bonchev–Trinajstić information content (AvgIpc) is 2.75. The highest BCUT2D eigenvalue weighted by Crippen LogP contribution is 2.15. The number of rotatable bonds is 1. The fourth-order valence-electron chi connectivity index (χ4n) is 1.28. The van der Waals surface area contributed by atoms with E-state index in [0.717, 1.165) is 0 Å². The standard InChI is InChI=1S/C7H9BrN4O2/c1-11-5(6(8)9-10-11)7(13)12-2-3-14-4-12/h2-4H2,1H3. The highest BCUT2D eigenvalue weighted by molar-refractivity contribution is 9.10. The van der Waals surface area contributed by atoms with Crippen LogP contribution in [0.3, 0.4) is 0 Å². The molecule has 1 aromatic rings. The molecule has 1 amide bonds. The summed E-state index contributed by atoms with van der Waals surface area (Å²) in [6, 6.07) is 0. The van der Waals surface area contributed by atoms with Crippen molar-refractivity contribution in [3.05, 3.63) is 10.3 Å². The summed E-state index contributed by atoms with van der Waals surface area (Å²) in [6.45, 7) is 1.56. The average molecular weight is 261 g/mol. The van der Waals surface area contributed by atoms with Crippen LogP contribution in [0, 0.1) is 0 Å². The number of hydrogen-bond acceptors (Lipinski definition) is 4. The Kier molecular flexibility index (Phi) is 2.51. The lowest BCUT2D eigenvalue weighted by molar-refractivity contribution is 0.0683. The second-order valence-corrected chi connectivity index (χ2v) is 3.71. The Hall–Kier alpha value is -0.950. The molecular formula is C7H9BrN4O2. The molecule has 1 saturated heterocycles. The van der Waals surface area contributed by atoms with Gasteiger partial charge in [-0.25, -0.2) is 4.68 Å². The number of aromatic nitrogens is 3. The monoisotopic (exact) mass is 260 g/mol. The first-order chi connectivity index (χ1) is 6.70. The van der Waals surface area contributed by atoms with Crippen molar-refractivity contribution in [2.75, 3.05) is 19.9 Å². The number of carbonyl (C=O) groups is 1. The minimum Gasteiger partial charge on any atom is -0.359 e. The summed E-state index contributed by atoms with van der Waals surface area (Å²) in [6.07, 6.45) is 0. The maximum absolute atomic E-state index is 11.9. The minimum absolute atomic E-state index is 0.109. The molecule has 1 aliphatic rings. The zero-order valence-corrected chi connectivity index (χ0v) is 9.19. The lowest BCUT2D eigenvalue weighted by atomic mass is 10.4. The molecule has 0 bridgehead atoms. The number of amides is 1. The first-order valence-electron chi connectivity index (χ1n) is 4.12. The van der Waals surface area contributed by atoms with Gasteiger partial charge >= 0.3 is 0 Å². The lowest BCUT2D eigenvalue weighted by Crippen LogP contribution is -2.30. The van der Waals surface area contributed by atoms with Crippen molar-refractivity contribution in [3.63, 3.8) is 0 Å². The Bertz CT molecular complexity index is 339. The topological polar surface area (TPSA) is 60.2 Å². The molecule has 0 unspecified atom stereocenters. The van der Waals surface area contributed by atoms with Crippen molar-refractivity contribution < 1.29 is 9.53 Å². The van der Waals surface area contributed by atoms with E-state index in [-0.39, 0.29) is 5.91 Å². The molecule has 14 heavy (non-hydrogen) atoms. The van der Waals surface area contributed by atoms with Gasteiger partial charge in [-0.1, -0.05) is 5.21 Å². The molecule has 2 rings (SSSR count). The maximum Gasteiger partial charge on any atom is 0.276 e. The Morgan fingerprint density at radius 1 is 1.64 bits per heavy atom. The van der Waals surface area contributed by atoms with Gasteiger partial charge in [0.2, 0.25) is 0 Å². The van der Waals surface area contributed by atoms with E-state index < -0.39 is 0 Å². The second kappa shape index (κ2) is 3.66. The molecule has 0 aromatic carbocycles. The van der Waals surface area contributed by atoms with Gasteiger partial charge < -0.3 is 9.64 Å². The van der Waals surface area contributed by atoms with Crippen LogP contribution in [0.1, 0.15) is 10.5 Å². The summed E-state index contributed by atoms with van der Waals surface area (Å²) >= 11 is 3.18. The van der Waals surface area contributed by atoms with Gasteiger partial charge in [0.15, 0.2) is 10.3 Å². The molecule has 0 aliphatic carbocycles. The summed E-state index contributed by atoms with van der Waals surface area (Å²) in [5.41, 5.74) is 0.454. The number of ether oxygens (including phenoxy) is 1. The number of nitrogens with zero attached hydrogens (tertiary/aromatic N) is 4. The third-order valence-electron chi connectivity index (χ3n) is 2.03. The largest absolute Gasteiger partial charge is 0.359 e. The first kappa shape index (κ1) is 9.60. The summed E-state index contributed by atoms with van der Waals surface area (Å²) < 4.78 is 7.01. The SMILES string of the molecule is Cn1nnc(Br)c1C(=O)N1CCOC1. The van der Waals surface area contributed by atoms with E-state index in [1.165, 1.54) is 4.68 Å². The van der Waals surface area contributed by atoms with E-state index in [4.69, 9.17) is 4.74 Å². The van der Waals surface area contributed by atoms with Crippen molar-refractivity contribution in [1.29, 1.82) is 0 Å². The van der Waals surface area contributed by atoms with E-state index in [0.29, 0.717) is 30.2 Å². The van der Waals surface area contributed by atoms with Gasteiger partial charge in [0.25, 0.3) is 5.91 Å². The van der Waals surface area contributed by atoms with Crippen LogP contribution >= 0.6 is 15.9 Å². The van der Waals surface area contributed by atoms with Crippen LogP contribution in [0.25, 0.3) is 0 Å². The second-order valence-electron chi connectivity index (χ2n) is 2.96. The fraction of sp³-hybridized carbons (Fsp3) is 0.571. The van der Waals surface area contributed by atoms with E-state index in [2.05, 4.69) is 26.2 Å². The predicted molar refractivity (Wildman–Crippen MR) is 50.6 cm³/mol. The molecule has 6 nitrogen and oxygen atoms in total. The molecule has 76 valence electrons. The zero-order valence-electron chi connectivity index (χ0n) is 7.60. The lowest BCUT2D eigenvalue weighted by Gasteiger charge is -2.12. The molecule has 2 heterocycles. The summed E-state index contributed by atoms with van der Waals surface area (Å²) in [7, 11) is 1.68. The Morgan fingerprint density at radius 3 is 2.93 bits per heavy atom. The highest BCUT2D eigenvalue weighted by atomic mass is 79.9. The Labute approximate surface area is 88.9 Å². The van der Waals surface area contributed by atoms with Crippen LogP contribution in [0.4, 0.5) is 0 Å².